The molecule has 2 aromatic rings. The van der Waals surface area contributed by atoms with Gasteiger partial charge in [-0.05, 0) is 71.8 Å². The van der Waals surface area contributed by atoms with Crippen LogP contribution in [0, 0.1) is 17.4 Å². The van der Waals surface area contributed by atoms with Crippen molar-refractivity contribution in [1.29, 1.82) is 0 Å². The maximum Gasteiger partial charge on any atom is 0.363 e. The molecule has 0 unspecified atom stereocenters. The Balaban J connectivity index is 2.03. The van der Waals surface area contributed by atoms with E-state index in [0.717, 1.165) is 20.3 Å². The van der Waals surface area contributed by atoms with E-state index in [0.29, 0.717) is 10.6 Å². The molecule has 0 N–H and O–H groups in total. The van der Waals surface area contributed by atoms with Crippen molar-refractivity contribution in [2.75, 3.05) is 0 Å². The van der Waals surface area contributed by atoms with Crippen LogP contribution in [-0.4, -0.2) is 11.9 Å². The Morgan fingerprint density at radius 1 is 1.17 bits per heavy atom. The van der Waals surface area contributed by atoms with Crippen LogP contribution in [-0.2, 0) is 9.53 Å². The smallest absolute Gasteiger partial charge is 0.363 e. The molecule has 3 nitrogen and oxygen atoms in total. The number of esters is 1. The van der Waals surface area contributed by atoms with Crippen molar-refractivity contribution in [2.45, 2.75) is 13.8 Å². The molecule has 0 radical (unpaired) electrons. The van der Waals surface area contributed by atoms with Crippen molar-refractivity contribution in [3.05, 3.63) is 72.9 Å². The van der Waals surface area contributed by atoms with Crippen molar-refractivity contribution >= 4 is 52.1 Å². The molecule has 1 aliphatic heterocycles. The number of benzene rings is 2. The lowest BCUT2D eigenvalue weighted by atomic mass is 10.0. The standard InChI is InChI=1S/C18H13ClINO2/c1-10-3-4-11(2)12(7-10)8-16-18(22)23-17(21-16)14-9-13(20)5-6-15(14)19/h3-9H,1-2H3/b16-8-. The summed E-state index contributed by atoms with van der Waals surface area (Å²) in [6.07, 6.45) is 1.75. The average Bonchev–Trinajstić information content (AvgIpc) is 2.86. The van der Waals surface area contributed by atoms with Crippen LogP contribution in [0.5, 0.6) is 0 Å². The van der Waals surface area contributed by atoms with E-state index >= 15 is 0 Å². The predicted molar refractivity (Wildman–Crippen MR) is 101 cm³/mol. The van der Waals surface area contributed by atoms with Crippen molar-refractivity contribution in [3.63, 3.8) is 0 Å². The molecule has 1 heterocycles. The average molecular weight is 438 g/mol. The van der Waals surface area contributed by atoms with Gasteiger partial charge in [0.1, 0.15) is 0 Å². The van der Waals surface area contributed by atoms with Crippen LogP contribution in [0.4, 0.5) is 0 Å². The molecule has 3 rings (SSSR count). The fourth-order valence-corrected chi connectivity index (χ4v) is 2.94. The number of ether oxygens (including phenoxy) is 1. The molecular formula is C18H13ClINO2. The van der Waals surface area contributed by atoms with E-state index in [1.54, 1.807) is 12.1 Å². The molecule has 0 fully saturated rings. The normalized spacial score (nSPS) is 15.7. The molecule has 0 amide bonds. The summed E-state index contributed by atoms with van der Waals surface area (Å²) in [6.45, 7) is 4.00. The van der Waals surface area contributed by atoms with Gasteiger partial charge >= 0.3 is 5.97 Å². The van der Waals surface area contributed by atoms with Gasteiger partial charge in [-0.3, -0.25) is 0 Å². The number of cyclic esters (lactones) is 1. The molecule has 116 valence electrons. The van der Waals surface area contributed by atoms with Crippen LogP contribution in [0.3, 0.4) is 0 Å². The summed E-state index contributed by atoms with van der Waals surface area (Å²) in [5.41, 5.74) is 4.06. The number of nitrogens with zero attached hydrogens (tertiary/aromatic N) is 1. The first-order chi connectivity index (χ1) is 10.9. The first-order valence-corrected chi connectivity index (χ1v) is 8.45. The Hall–Kier alpha value is -1.66. The fourth-order valence-electron chi connectivity index (χ4n) is 2.25. The van der Waals surface area contributed by atoms with Crippen LogP contribution < -0.4 is 0 Å². The second-order valence-electron chi connectivity index (χ2n) is 5.32. The molecule has 0 aliphatic carbocycles. The van der Waals surface area contributed by atoms with Gasteiger partial charge in [-0.15, -0.1) is 0 Å². The van der Waals surface area contributed by atoms with Crippen LogP contribution in [0.25, 0.3) is 6.08 Å². The summed E-state index contributed by atoms with van der Waals surface area (Å²) in [6, 6.07) is 11.6. The second kappa shape index (κ2) is 6.45. The molecule has 0 aromatic heterocycles. The molecule has 1 aliphatic rings. The number of carbonyl (C=O) groups is 1. The van der Waals surface area contributed by atoms with Gasteiger partial charge in [-0.1, -0.05) is 35.4 Å². The van der Waals surface area contributed by atoms with Gasteiger partial charge in [0.2, 0.25) is 5.90 Å². The molecule has 0 saturated carbocycles. The van der Waals surface area contributed by atoms with Gasteiger partial charge in [0, 0.05) is 3.57 Å². The van der Waals surface area contributed by atoms with Crippen LogP contribution >= 0.6 is 34.2 Å². The molecule has 0 saturated heterocycles. The lowest BCUT2D eigenvalue weighted by Crippen LogP contribution is -2.06. The van der Waals surface area contributed by atoms with Gasteiger partial charge in [-0.2, -0.15) is 0 Å². The number of aliphatic imine (C=N–C) groups is 1. The summed E-state index contributed by atoms with van der Waals surface area (Å²) in [5, 5.41) is 0.505. The minimum absolute atomic E-state index is 0.245. The number of halogens is 2. The summed E-state index contributed by atoms with van der Waals surface area (Å²) >= 11 is 8.36. The second-order valence-corrected chi connectivity index (χ2v) is 6.97. The number of hydrogen-bond donors (Lipinski definition) is 0. The summed E-state index contributed by atoms with van der Waals surface area (Å²) in [5.74, 6) is -0.217. The van der Waals surface area contributed by atoms with E-state index in [-0.39, 0.29) is 11.6 Å². The minimum atomic E-state index is -0.462. The van der Waals surface area contributed by atoms with Gasteiger partial charge in [0.25, 0.3) is 0 Å². The third-order valence-electron chi connectivity index (χ3n) is 3.51. The SMILES string of the molecule is Cc1ccc(C)c(/C=C2\N=C(c3cc(I)ccc3Cl)OC2=O)c1. The van der Waals surface area contributed by atoms with Crippen molar-refractivity contribution < 1.29 is 9.53 Å². The van der Waals surface area contributed by atoms with E-state index in [2.05, 4.69) is 27.6 Å². The topological polar surface area (TPSA) is 38.7 Å². The molecular weight excluding hydrogens is 425 g/mol. The van der Waals surface area contributed by atoms with Gasteiger partial charge in [0.05, 0.1) is 10.6 Å². The Morgan fingerprint density at radius 3 is 2.74 bits per heavy atom. The number of aryl methyl sites for hydroxylation is 2. The minimum Gasteiger partial charge on any atom is -0.402 e. The third kappa shape index (κ3) is 3.48. The highest BCUT2D eigenvalue weighted by atomic mass is 127. The highest BCUT2D eigenvalue weighted by molar-refractivity contribution is 14.1. The molecule has 23 heavy (non-hydrogen) atoms. The predicted octanol–water partition coefficient (Wildman–Crippen LogP) is 4.91. The largest absolute Gasteiger partial charge is 0.402 e. The zero-order valence-electron chi connectivity index (χ0n) is 12.6. The molecule has 0 atom stereocenters. The van der Waals surface area contributed by atoms with E-state index in [4.69, 9.17) is 16.3 Å². The molecule has 2 aromatic carbocycles. The van der Waals surface area contributed by atoms with Gasteiger partial charge in [-0.25, -0.2) is 9.79 Å². The van der Waals surface area contributed by atoms with E-state index in [1.165, 1.54) is 0 Å². The van der Waals surface area contributed by atoms with Gasteiger partial charge < -0.3 is 4.74 Å². The van der Waals surface area contributed by atoms with Crippen molar-refractivity contribution in [1.82, 2.24) is 0 Å². The third-order valence-corrected chi connectivity index (χ3v) is 4.51. The van der Waals surface area contributed by atoms with Crippen molar-refractivity contribution in [3.8, 4) is 0 Å². The van der Waals surface area contributed by atoms with E-state index in [1.807, 2.05) is 44.2 Å². The molecule has 5 heteroatoms. The zero-order chi connectivity index (χ0) is 16.6. The van der Waals surface area contributed by atoms with E-state index in [9.17, 15) is 4.79 Å². The monoisotopic (exact) mass is 437 g/mol. The fraction of sp³-hybridized carbons (Fsp3) is 0.111. The van der Waals surface area contributed by atoms with Crippen LogP contribution in [0.15, 0.2) is 47.1 Å². The number of rotatable bonds is 2. The van der Waals surface area contributed by atoms with Crippen LogP contribution in [0.2, 0.25) is 5.02 Å². The molecule has 0 spiro atoms. The van der Waals surface area contributed by atoms with Gasteiger partial charge in [0.15, 0.2) is 5.70 Å². The highest BCUT2D eigenvalue weighted by Gasteiger charge is 2.25. The maximum absolute atomic E-state index is 12.1. The van der Waals surface area contributed by atoms with E-state index < -0.39 is 5.97 Å². The first-order valence-electron chi connectivity index (χ1n) is 6.99. The summed E-state index contributed by atoms with van der Waals surface area (Å²) < 4.78 is 6.29. The molecule has 0 bridgehead atoms. The number of carbonyl (C=O) groups excluding carboxylic acids is 1. The summed E-state index contributed by atoms with van der Waals surface area (Å²) in [4.78, 5) is 16.4. The summed E-state index contributed by atoms with van der Waals surface area (Å²) in [7, 11) is 0. The van der Waals surface area contributed by atoms with Crippen molar-refractivity contribution in [2.24, 2.45) is 4.99 Å². The maximum atomic E-state index is 12.1. The Kier molecular flexibility index (Phi) is 4.55. The number of hydrogen-bond acceptors (Lipinski definition) is 3. The Morgan fingerprint density at radius 2 is 1.96 bits per heavy atom. The Bertz CT molecular complexity index is 871. The lowest BCUT2D eigenvalue weighted by Gasteiger charge is -2.02. The lowest BCUT2D eigenvalue weighted by molar-refractivity contribution is -0.129. The Labute approximate surface area is 153 Å². The highest BCUT2D eigenvalue weighted by Crippen LogP contribution is 2.26. The first kappa shape index (κ1) is 16.2. The zero-order valence-corrected chi connectivity index (χ0v) is 15.5. The quantitative estimate of drug-likeness (QED) is 0.381. The van der Waals surface area contributed by atoms with Crippen LogP contribution in [0.1, 0.15) is 22.3 Å².